The molecule has 0 radical (unpaired) electrons. The van der Waals surface area contributed by atoms with Crippen molar-refractivity contribution in [3.05, 3.63) is 57.6 Å². The van der Waals surface area contributed by atoms with E-state index >= 15 is 0 Å². The van der Waals surface area contributed by atoms with Crippen molar-refractivity contribution < 1.29 is 4.39 Å². The summed E-state index contributed by atoms with van der Waals surface area (Å²) in [4.78, 5) is 0. The molecule has 0 aliphatic heterocycles. The highest BCUT2D eigenvalue weighted by molar-refractivity contribution is 9.10. The molecule has 0 bridgehead atoms. The summed E-state index contributed by atoms with van der Waals surface area (Å²) < 4.78 is 16.0. The number of benzene rings is 1. The Morgan fingerprint density at radius 3 is 2.47 bits per heavy atom. The molecule has 0 unspecified atom stereocenters. The zero-order valence-electron chi connectivity index (χ0n) is 9.80. The van der Waals surface area contributed by atoms with Crippen LogP contribution in [-0.4, -0.2) is 4.68 Å². The summed E-state index contributed by atoms with van der Waals surface area (Å²) in [6.07, 6.45) is 0. The molecule has 0 aliphatic rings. The van der Waals surface area contributed by atoms with E-state index in [0.29, 0.717) is 6.54 Å². The summed E-state index contributed by atoms with van der Waals surface area (Å²) in [5.41, 5.74) is 6.43. The van der Waals surface area contributed by atoms with Crippen LogP contribution in [-0.2, 0) is 6.54 Å². The van der Waals surface area contributed by atoms with E-state index in [-0.39, 0.29) is 5.82 Å². The number of nitrogens with one attached hydrogen (secondary N) is 1. The second-order valence-corrected chi connectivity index (χ2v) is 4.88. The highest BCUT2D eigenvalue weighted by Gasteiger charge is 2.04. The largest absolute Gasteiger partial charge is 0.321 e. The van der Waals surface area contributed by atoms with E-state index in [9.17, 15) is 4.39 Å². The molecule has 2 aromatic rings. The Kier molecular flexibility index (Phi) is 3.52. The number of aryl methyl sites for hydroxylation is 2. The van der Waals surface area contributed by atoms with Crippen molar-refractivity contribution in [2.45, 2.75) is 20.4 Å². The minimum Gasteiger partial charge on any atom is -0.321 e. The van der Waals surface area contributed by atoms with E-state index in [2.05, 4.69) is 21.4 Å². The zero-order chi connectivity index (χ0) is 12.4. The van der Waals surface area contributed by atoms with Gasteiger partial charge < -0.3 is 5.43 Å². The highest BCUT2D eigenvalue weighted by atomic mass is 79.9. The predicted octanol–water partition coefficient (Wildman–Crippen LogP) is 3.75. The predicted molar refractivity (Wildman–Crippen MR) is 71.1 cm³/mol. The second-order valence-electron chi connectivity index (χ2n) is 4.02. The van der Waals surface area contributed by atoms with Gasteiger partial charge in [-0.1, -0.05) is 15.9 Å². The average molecular weight is 297 g/mol. The molecule has 0 saturated heterocycles. The first-order valence-corrected chi connectivity index (χ1v) is 6.20. The van der Waals surface area contributed by atoms with Gasteiger partial charge in [0.05, 0.1) is 6.54 Å². The van der Waals surface area contributed by atoms with Crippen LogP contribution in [0.4, 0.5) is 4.39 Å². The Morgan fingerprint density at radius 2 is 1.82 bits per heavy atom. The number of aromatic nitrogens is 1. The van der Waals surface area contributed by atoms with Crippen LogP contribution in [0.15, 0.2) is 34.8 Å². The summed E-state index contributed by atoms with van der Waals surface area (Å²) in [6.45, 7) is 4.63. The van der Waals surface area contributed by atoms with Crippen LogP contribution < -0.4 is 5.43 Å². The van der Waals surface area contributed by atoms with Crippen LogP contribution in [0.5, 0.6) is 0 Å². The molecule has 0 fully saturated rings. The fourth-order valence-corrected chi connectivity index (χ4v) is 2.15. The van der Waals surface area contributed by atoms with Crippen LogP contribution in [0.3, 0.4) is 0 Å². The van der Waals surface area contributed by atoms with Gasteiger partial charge in [-0.3, -0.25) is 4.68 Å². The molecule has 0 spiro atoms. The number of halogens is 2. The van der Waals surface area contributed by atoms with Crippen LogP contribution in [0.2, 0.25) is 0 Å². The molecule has 1 aromatic carbocycles. The van der Waals surface area contributed by atoms with E-state index in [1.807, 2.05) is 30.7 Å². The molecule has 2 nitrogen and oxygen atoms in total. The van der Waals surface area contributed by atoms with Crippen LogP contribution in [0.25, 0.3) is 0 Å². The minimum absolute atomic E-state index is 0.217. The normalized spacial score (nSPS) is 10.6. The molecule has 0 aliphatic carbocycles. The van der Waals surface area contributed by atoms with Crippen molar-refractivity contribution >= 4 is 15.9 Å². The number of hydrogen-bond acceptors (Lipinski definition) is 1. The Hall–Kier alpha value is -1.29. The van der Waals surface area contributed by atoms with Gasteiger partial charge in [-0.2, -0.15) is 0 Å². The Labute approximate surface area is 109 Å². The summed E-state index contributed by atoms with van der Waals surface area (Å²) in [6, 6.07) is 8.79. The van der Waals surface area contributed by atoms with Gasteiger partial charge in [-0.05, 0) is 49.7 Å². The SMILES string of the molecule is Cc1ccc(C)n1NCc1cc(F)ccc1Br. The second kappa shape index (κ2) is 4.92. The standard InChI is InChI=1S/C13H14BrFN2/c1-9-3-4-10(2)17(9)16-8-11-7-12(15)5-6-13(11)14/h3-7,16H,8H2,1-2H3. The van der Waals surface area contributed by atoms with Gasteiger partial charge in [0.2, 0.25) is 0 Å². The number of nitrogens with zero attached hydrogens (tertiary/aromatic N) is 1. The van der Waals surface area contributed by atoms with E-state index in [4.69, 9.17) is 0 Å². The first kappa shape index (κ1) is 12.2. The minimum atomic E-state index is -0.217. The average Bonchev–Trinajstić information content (AvgIpc) is 2.61. The van der Waals surface area contributed by atoms with E-state index in [1.165, 1.54) is 12.1 Å². The van der Waals surface area contributed by atoms with Crippen molar-refractivity contribution in [3.63, 3.8) is 0 Å². The topological polar surface area (TPSA) is 17.0 Å². The lowest BCUT2D eigenvalue weighted by molar-refractivity contribution is 0.624. The van der Waals surface area contributed by atoms with Gasteiger partial charge >= 0.3 is 0 Å². The molecule has 17 heavy (non-hydrogen) atoms. The molecule has 0 saturated carbocycles. The number of rotatable bonds is 3. The zero-order valence-corrected chi connectivity index (χ0v) is 11.4. The monoisotopic (exact) mass is 296 g/mol. The van der Waals surface area contributed by atoms with Crippen molar-refractivity contribution in [1.82, 2.24) is 4.68 Å². The third-order valence-electron chi connectivity index (χ3n) is 2.71. The van der Waals surface area contributed by atoms with Crippen LogP contribution in [0, 0.1) is 19.7 Å². The molecule has 1 heterocycles. The smallest absolute Gasteiger partial charge is 0.123 e. The van der Waals surface area contributed by atoms with E-state index in [1.54, 1.807) is 6.07 Å². The third kappa shape index (κ3) is 2.69. The summed E-state index contributed by atoms with van der Waals surface area (Å²) in [5, 5.41) is 0. The van der Waals surface area contributed by atoms with Crippen molar-refractivity contribution in [2.24, 2.45) is 0 Å². The van der Waals surface area contributed by atoms with Gasteiger partial charge in [0.1, 0.15) is 5.82 Å². The van der Waals surface area contributed by atoms with Crippen molar-refractivity contribution in [3.8, 4) is 0 Å². The van der Waals surface area contributed by atoms with Crippen molar-refractivity contribution in [2.75, 3.05) is 5.43 Å². The van der Waals surface area contributed by atoms with Crippen LogP contribution >= 0.6 is 15.9 Å². The molecule has 0 atom stereocenters. The molecular weight excluding hydrogens is 283 g/mol. The summed E-state index contributed by atoms with van der Waals surface area (Å²) >= 11 is 3.42. The van der Waals surface area contributed by atoms with E-state index < -0.39 is 0 Å². The molecule has 0 amide bonds. The van der Waals surface area contributed by atoms with Gasteiger partial charge in [-0.15, -0.1) is 0 Å². The van der Waals surface area contributed by atoms with Gasteiger partial charge in [0.15, 0.2) is 0 Å². The molecular formula is C13H14BrFN2. The first-order valence-electron chi connectivity index (χ1n) is 5.40. The van der Waals surface area contributed by atoms with Crippen LogP contribution in [0.1, 0.15) is 17.0 Å². The number of hydrogen-bond donors (Lipinski definition) is 1. The maximum Gasteiger partial charge on any atom is 0.123 e. The molecule has 1 aromatic heterocycles. The Morgan fingerprint density at radius 1 is 1.18 bits per heavy atom. The summed E-state index contributed by atoms with van der Waals surface area (Å²) in [7, 11) is 0. The lowest BCUT2D eigenvalue weighted by atomic mass is 10.2. The fourth-order valence-electron chi connectivity index (χ4n) is 1.76. The molecule has 2 rings (SSSR count). The molecule has 1 N–H and O–H groups in total. The fraction of sp³-hybridized carbons (Fsp3) is 0.231. The van der Waals surface area contributed by atoms with Gasteiger partial charge in [0.25, 0.3) is 0 Å². The van der Waals surface area contributed by atoms with Crippen molar-refractivity contribution in [1.29, 1.82) is 0 Å². The Balaban J connectivity index is 2.15. The van der Waals surface area contributed by atoms with E-state index in [0.717, 1.165) is 21.4 Å². The quantitative estimate of drug-likeness (QED) is 0.913. The maximum atomic E-state index is 13.1. The third-order valence-corrected chi connectivity index (χ3v) is 3.48. The maximum absolute atomic E-state index is 13.1. The molecule has 4 heteroatoms. The lowest BCUT2D eigenvalue weighted by Crippen LogP contribution is -2.17. The van der Waals surface area contributed by atoms with Gasteiger partial charge in [0, 0.05) is 15.9 Å². The summed E-state index contributed by atoms with van der Waals surface area (Å²) in [5.74, 6) is -0.217. The van der Waals surface area contributed by atoms with Gasteiger partial charge in [-0.25, -0.2) is 4.39 Å². The first-order chi connectivity index (χ1) is 8.08. The lowest BCUT2D eigenvalue weighted by Gasteiger charge is -2.13. The molecule has 90 valence electrons. The Bertz CT molecular complexity index is 515. The highest BCUT2D eigenvalue weighted by Crippen LogP contribution is 2.18.